The first-order chi connectivity index (χ1) is 12.1. The third-order valence-electron chi connectivity index (χ3n) is 5.27. The predicted octanol–water partition coefficient (Wildman–Crippen LogP) is 1.66. The second-order valence-corrected chi connectivity index (χ2v) is 7.32. The molecule has 0 aromatic carbocycles. The molecule has 1 amide bonds. The number of methoxy groups -OCH3 is 1. The van der Waals surface area contributed by atoms with Gasteiger partial charge in [0.05, 0.1) is 24.3 Å². The van der Waals surface area contributed by atoms with Gasteiger partial charge in [-0.05, 0) is 39.3 Å². The topological polar surface area (TPSA) is 85.6 Å². The molecule has 0 bridgehead atoms. The van der Waals surface area contributed by atoms with Crippen LogP contribution in [-0.4, -0.2) is 57.1 Å². The van der Waals surface area contributed by atoms with Gasteiger partial charge >= 0.3 is 0 Å². The predicted molar refractivity (Wildman–Crippen MR) is 99.6 cm³/mol. The Bertz CT molecular complexity index is 569. The van der Waals surface area contributed by atoms with Crippen LogP contribution in [0.25, 0.3) is 0 Å². The number of piperidine rings is 1. The lowest BCUT2D eigenvalue weighted by Gasteiger charge is -2.36. The van der Waals surface area contributed by atoms with Crippen molar-refractivity contribution < 1.29 is 18.8 Å². The number of carbonyl (C=O) groups excluding carboxylic acids is 1. The zero-order chi connectivity index (χ0) is 17.7. The van der Waals surface area contributed by atoms with Gasteiger partial charge in [-0.3, -0.25) is 4.79 Å². The number of hydrogen-bond donors (Lipinski definition) is 2. The molecule has 3 rings (SSSR count). The van der Waals surface area contributed by atoms with Crippen LogP contribution in [0.15, 0.2) is 10.6 Å². The summed E-state index contributed by atoms with van der Waals surface area (Å²) in [5, 5.41) is 10.7. The zero-order valence-electron chi connectivity index (χ0n) is 15.6. The highest BCUT2D eigenvalue weighted by Crippen LogP contribution is 2.35. The van der Waals surface area contributed by atoms with E-state index in [1.807, 2.05) is 13.0 Å². The SMILES string of the molecule is COCC(C)NC(=O)C1(Cc2cc(C3CCOC3)no2)CCNCC1.Cl. The smallest absolute Gasteiger partial charge is 0.227 e. The lowest BCUT2D eigenvalue weighted by Crippen LogP contribution is -2.51. The first kappa shape index (κ1) is 21.2. The van der Waals surface area contributed by atoms with E-state index in [-0.39, 0.29) is 24.4 Å². The lowest BCUT2D eigenvalue weighted by atomic mass is 9.74. The van der Waals surface area contributed by atoms with E-state index < -0.39 is 5.41 Å². The van der Waals surface area contributed by atoms with Gasteiger partial charge in [0.15, 0.2) is 0 Å². The van der Waals surface area contributed by atoms with Crippen molar-refractivity contribution in [1.29, 1.82) is 0 Å². The molecule has 2 unspecified atom stereocenters. The molecule has 1 aromatic rings. The van der Waals surface area contributed by atoms with Crippen LogP contribution in [0.2, 0.25) is 0 Å². The van der Waals surface area contributed by atoms with Crippen molar-refractivity contribution in [2.24, 2.45) is 5.41 Å². The average molecular weight is 388 g/mol. The van der Waals surface area contributed by atoms with Crippen LogP contribution in [0, 0.1) is 5.41 Å². The minimum absolute atomic E-state index is 0. The fraction of sp³-hybridized carbons (Fsp3) is 0.778. The molecule has 2 atom stereocenters. The fourth-order valence-corrected chi connectivity index (χ4v) is 3.76. The first-order valence-electron chi connectivity index (χ1n) is 9.17. The Morgan fingerprint density at radius 3 is 2.92 bits per heavy atom. The van der Waals surface area contributed by atoms with Crippen molar-refractivity contribution in [3.8, 4) is 0 Å². The van der Waals surface area contributed by atoms with Gasteiger partial charge in [0.1, 0.15) is 5.76 Å². The lowest BCUT2D eigenvalue weighted by molar-refractivity contribution is -0.133. The summed E-state index contributed by atoms with van der Waals surface area (Å²) in [7, 11) is 1.64. The second kappa shape index (κ2) is 9.69. The van der Waals surface area contributed by atoms with Crippen molar-refractivity contribution in [1.82, 2.24) is 15.8 Å². The molecule has 2 saturated heterocycles. The summed E-state index contributed by atoms with van der Waals surface area (Å²) in [5.74, 6) is 1.19. The molecule has 2 aliphatic heterocycles. The van der Waals surface area contributed by atoms with Gasteiger partial charge in [-0.1, -0.05) is 5.16 Å². The van der Waals surface area contributed by atoms with Crippen molar-refractivity contribution in [2.75, 3.05) is 40.0 Å². The van der Waals surface area contributed by atoms with E-state index in [0.717, 1.165) is 50.4 Å². The molecular weight excluding hydrogens is 358 g/mol. The van der Waals surface area contributed by atoms with E-state index in [0.29, 0.717) is 25.6 Å². The highest BCUT2D eigenvalue weighted by Gasteiger charge is 2.41. The summed E-state index contributed by atoms with van der Waals surface area (Å²) >= 11 is 0. The Kier molecular flexibility index (Phi) is 7.88. The molecule has 1 aromatic heterocycles. The second-order valence-electron chi connectivity index (χ2n) is 7.32. The number of amides is 1. The molecule has 8 heteroatoms. The molecule has 2 fully saturated rings. The Balaban J connectivity index is 0.00000243. The average Bonchev–Trinajstić information content (AvgIpc) is 3.27. The molecule has 26 heavy (non-hydrogen) atoms. The minimum atomic E-state index is -0.448. The number of nitrogens with one attached hydrogen (secondary N) is 2. The van der Waals surface area contributed by atoms with E-state index in [9.17, 15) is 4.79 Å². The molecule has 0 saturated carbocycles. The maximum Gasteiger partial charge on any atom is 0.227 e. The Morgan fingerprint density at radius 1 is 1.50 bits per heavy atom. The summed E-state index contributed by atoms with van der Waals surface area (Å²) < 4.78 is 16.1. The number of rotatable bonds is 7. The van der Waals surface area contributed by atoms with E-state index in [2.05, 4.69) is 15.8 Å². The van der Waals surface area contributed by atoms with Gasteiger partial charge in [-0.15, -0.1) is 12.4 Å². The Morgan fingerprint density at radius 2 is 2.27 bits per heavy atom. The van der Waals surface area contributed by atoms with Crippen LogP contribution in [0.3, 0.4) is 0 Å². The Labute approximate surface area is 161 Å². The minimum Gasteiger partial charge on any atom is -0.383 e. The highest BCUT2D eigenvalue weighted by atomic mass is 35.5. The molecule has 0 spiro atoms. The third-order valence-corrected chi connectivity index (χ3v) is 5.27. The molecule has 148 valence electrons. The maximum atomic E-state index is 13.0. The molecular formula is C18H30ClN3O4. The number of carbonyl (C=O) groups is 1. The summed E-state index contributed by atoms with van der Waals surface area (Å²) in [4.78, 5) is 13.0. The summed E-state index contributed by atoms with van der Waals surface area (Å²) in [6, 6.07) is 2.00. The van der Waals surface area contributed by atoms with E-state index in [4.69, 9.17) is 14.0 Å². The summed E-state index contributed by atoms with van der Waals surface area (Å²) in [5.41, 5.74) is 0.501. The van der Waals surface area contributed by atoms with Crippen molar-refractivity contribution in [2.45, 2.75) is 44.6 Å². The monoisotopic (exact) mass is 387 g/mol. The number of nitrogens with zero attached hydrogens (tertiary/aromatic N) is 1. The molecule has 3 heterocycles. The third kappa shape index (κ3) is 4.97. The molecule has 2 N–H and O–H groups in total. The molecule has 0 aliphatic carbocycles. The van der Waals surface area contributed by atoms with Crippen LogP contribution >= 0.6 is 12.4 Å². The van der Waals surface area contributed by atoms with Gasteiger partial charge in [0.25, 0.3) is 0 Å². The zero-order valence-corrected chi connectivity index (χ0v) is 16.4. The summed E-state index contributed by atoms with van der Waals surface area (Å²) in [6.07, 6.45) is 3.15. The van der Waals surface area contributed by atoms with Gasteiger partial charge in [-0.25, -0.2) is 0 Å². The molecule has 2 aliphatic rings. The molecule has 7 nitrogen and oxygen atoms in total. The van der Waals surface area contributed by atoms with E-state index in [1.165, 1.54) is 0 Å². The fourth-order valence-electron chi connectivity index (χ4n) is 3.76. The van der Waals surface area contributed by atoms with Crippen molar-refractivity contribution in [3.63, 3.8) is 0 Å². The van der Waals surface area contributed by atoms with Gasteiger partial charge in [-0.2, -0.15) is 0 Å². The normalized spacial score (nSPS) is 23.2. The summed E-state index contributed by atoms with van der Waals surface area (Å²) in [6.45, 7) is 5.63. The van der Waals surface area contributed by atoms with Crippen LogP contribution in [0.5, 0.6) is 0 Å². The number of aromatic nitrogens is 1. The number of hydrogen-bond acceptors (Lipinski definition) is 6. The van der Waals surface area contributed by atoms with Gasteiger partial charge < -0.3 is 24.6 Å². The first-order valence-corrected chi connectivity index (χ1v) is 9.17. The van der Waals surface area contributed by atoms with Crippen LogP contribution < -0.4 is 10.6 Å². The number of ether oxygens (including phenoxy) is 2. The van der Waals surface area contributed by atoms with E-state index >= 15 is 0 Å². The maximum absolute atomic E-state index is 13.0. The van der Waals surface area contributed by atoms with Crippen LogP contribution in [-0.2, 0) is 20.7 Å². The standard InChI is InChI=1S/C18H29N3O4.ClH/c1-13(11-23-2)20-17(22)18(4-6-19-7-5-18)10-15-9-16(21-25-15)14-3-8-24-12-14;/h9,13-14,19H,3-8,10-12H2,1-2H3,(H,20,22);1H. The largest absolute Gasteiger partial charge is 0.383 e. The van der Waals surface area contributed by atoms with Crippen LogP contribution in [0.1, 0.15) is 43.6 Å². The quantitative estimate of drug-likeness (QED) is 0.740. The van der Waals surface area contributed by atoms with Gasteiger partial charge in [0, 0.05) is 38.2 Å². The number of halogens is 1. The molecule has 0 radical (unpaired) electrons. The van der Waals surface area contributed by atoms with Gasteiger partial charge in [0.2, 0.25) is 5.91 Å². The highest BCUT2D eigenvalue weighted by molar-refractivity contribution is 5.85. The van der Waals surface area contributed by atoms with Crippen molar-refractivity contribution in [3.05, 3.63) is 17.5 Å². The Hall–Kier alpha value is -1.15. The van der Waals surface area contributed by atoms with Crippen molar-refractivity contribution >= 4 is 18.3 Å². The van der Waals surface area contributed by atoms with E-state index in [1.54, 1.807) is 7.11 Å². The van der Waals surface area contributed by atoms with Crippen LogP contribution in [0.4, 0.5) is 0 Å².